The highest BCUT2D eigenvalue weighted by Crippen LogP contribution is 2.20. The van der Waals surface area contributed by atoms with Gasteiger partial charge in [0.2, 0.25) is 5.95 Å². The Morgan fingerprint density at radius 3 is 2.74 bits per heavy atom. The molecule has 0 radical (unpaired) electrons. The van der Waals surface area contributed by atoms with Gasteiger partial charge in [0.15, 0.2) is 5.82 Å². The van der Waals surface area contributed by atoms with E-state index in [9.17, 15) is 4.39 Å². The highest BCUT2D eigenvalue weighted by molar-refractivity contribution is 5.78. The SMILES string of the molecule is CCN(CC)CCCn1c(N)nc2c(F)cccc21. The number of imidazole rings is 1. The summed E-state index contributed by atoms with van der Waals surface area (Å²) < 4.78 is 15.5. The van der Waals surface area contributed by atoms with Crippen molar-refractivity contribution >= 4 is 17.0 Å². The van der Waals surface area contributed by atoms with Gasteiger partial charge in [-0.1, -0.05) is 19.9 Å². The fourth-order valence-electron chi connectivity index (χ4n) is 2.36. The smallest absolute Gasteiger partial charge is 0.201 e. The molecule has 0 aliphatic carbocycles. The molecule has 2 aromatic rings. The number of rotatable bonds is 6. The van der Waals surface area contributed by atoms with Crippen LogP contribution in [-0.2, 0) is 6.54 Å². The largest absolute Gasteiger partial charge is 0.369 e. The van der Waals surface area contributed by atoms with Crippen LogP contribution < -0.4 is 5.73 Å². The van der Waals surface area contributed by atoms with Crippen molar-refractivity contribution in [3.05, 3.63) is 24.0 Å². The summed E-state index contributed by atoms with van der Waals surface area (Å²) in [6, 6.07) is 4.97. The number of fused-ring (bicyclic) bond motifs is 1. The number of hydrogen-bond acceptors (Lipinski definition) is 3. The molecule has 1 aromatic heterocycles. The topological polar surface area (TPSA) is 47.1 Å². The Bertz CT molecular complexity index is 546. The summed E-state index contributed by atoms with van der Waals surface area (Å²) in [7, 11) is 0. The van der Waals surface area contributed by atoms with Crippen molar-refractivity contribution in [1.29, 1.82) is 0 Å². The van der Waals surface area contributed by atoms with Gasteiger partial charge in [-0.2, -0.15) is 0 Å². The first-order chi connectivity index (χ1) is 9.17. The third-order valence-electron chi connectivity index (χ3n) is 3.51. The number of halogens is 1. The Morgan fingerprint density at radius 2 is 2.05 bits per heavy atom. The van der Waals surface area contributed by atoms with Gasteiger partial charge in [-0.3, -0.25) is 0 Å². The molecule has 19 heavy (non-hydrogen) atoms. The summed E-state index contributed by atoms with van der Waals surface area (Å²) in [5.74, 6) is 0.0753. The zero-order valence-electron chi connectivity index (χ0n) is 11.6. The molecule has 1 aromatic carbocycles. The van der Waals surface area contributed by atoms with Crippen LogP contribution in [0.4, 0.5) is 10.3 Å². The Kier molecular flexibility index (Phi) is 4.37. The number of nitrogens with two attached hydrogens (primary N) is 1. The quantitative estimate of drug-likeness (QED) is 0.872. The maximum atomic E-state index is 13.6. The van der Waals surface area contributed by atoms with Crippen molar-refractivity contribution in [2.45, 2.75) is 26.8 Å². The van der Waals surface area contributed by atoms with E-state index in [-0.39, 0.29) is 5.82 Å². The van der Waals surface area contributed by atoms with Crippen LogP contribution in [0.1, 0.15) is 20.3 Å². The van der Waals surface area contributed by atoms with Gasteiger partial charge in [-0.25, -0.2) is 9.37 Å². The molecule has 0 atom stereocenters. The number of para-hydroxylation sites is 1. The Morgan fingerprint density at radius 1 is 1.32 bits per heavy atom. The van der Waals surface area contributed by atoms with Crippen LogP contribution in [0.2, 0.25) is 0 Å². The molecule has 0 aliphatic heterocycles. The number of aromatic nitrogens is 2. The maximum Gasteiger partial charge on any atom is 0.201 e. The van der Waals surface area contributed by atoms with Gasteiger partial charge in [0.05, 0.1) is 5.52 Å². The number of nitrogen functional groups attached to an aromatic ring is 1. The molecule has 0 unspecified atom stereocenters. The average Bonchev–Trinajstić information content (AvgIpc) is 2.73. The Labute approximate surface area is 113 Å². The van der Waals surface area contributed by atoms with Crippen molar-refractivity contribution in [3.63, 3.8) is 0 Å². The lowest BCUT2D eigenvalue weighted by Crippen LogP contribution is -2.25. The molecular formula is C14H21FN4. The van der Waals surface area contributed by atoms with E-state index in [2.05, 4.69) is 23.7 Å². The first-order valence-electron chi connectivity index (χ1n) is 6.80. The van der Waals surface area contributed by atoms with Gasteiger partial charge in [-0.05, 0) is 38.2 Å². The highest BCUT2D eigenvalue weighted by Gasteiger charge is 2.11. The third-order valence-corrected chi connectivity index (χ3v) is 3.51. The molecule has 0 fully saturated rings. The van der Waals surface area contributed by atoms with Crippen LogP contribution in [0.25, 0.3) is 11.0 Å². The highest BCUT2D eigenvalue weighted by atomic mass is 19.1. The number of anilines is 1. The summed E-state index contributed by atoms with van der Waals surface area (Å²) in [5, 5.41) is 0. The molecule has 0 amide bonds. The normalized spacial score (nSPS) is 11.6. The number of aryl methyl sites for hydroxylation is 1. The maximum absolute atomic E-state index is 13.6. The van der Waals surface area contributed by atoms with Gasteiger partial charge in [-0.15, -0.1) is 0 Å². The average molecular weight is 264 g/mol. The third kappa shape index (κ3) is 2.87. The van der Waals surface area contributed by atoms with E-state index in [1.165, 1.54) is 6.07 Å². The second-order valence-corrected chi connectivity index (χ2v) is 4.61. The predicted molar refractivity (Wildman–Crippen MR) is 76.5 cm³/mol. The van der Waals surface area contributed by atoms with E-state index < -0.39 is 0 Å². The predicted octanol–water partition coefficient (Wildman–Crippen LogP) is 2.49. The Balaban J connectivity index is 2.12. The summed E-state index contributed by atoms with van der Waals surface area (Å²) >= 11 is 0. The van der Waals surface area contributed by atoms with E-state index in [4.69, 9.17) is 5.73 Å². The van der Waals surface area contributed by atoms with Gasteiger partial charge in [0.25, 0.3) is 0 Å². The van der Waals surface area contributed by atoms with Crippen LogP contribution in [0.15, 0.2) is 18.2 Å². The number of hydrogen-bond donors (Lipinski definition) is 1. The van der Waals surface area contributed by atoms with Gasteiger partial charge < -0.3 is 15.2 Å². The van der Waals surface area contributed by atoms with Crippen LogP contribution in [0.5, 0.6) is 0 Å². The molecular weight excluding hydrogens is 243 g/mol. The number of nitrogens with zero attached hydrogens (tertiary/aromatic N) is 3. The summed E-state index contributed by atoms with van der Waals surface area (Å²) in [4.78, 5) is 6.46. The van der Waals surface area contributed by atoms with E-state index in [0.29, 0.717) is 11.5 Å². The minimum Gasteiger partial charge on any atom is -0.369 e. The van der Waals surface area contributed by atoms with Gasteiger partial charge in [0.1, 0.15) is 5.52 Å². The van der Waals surface area contributed by atoms with Crippen molar-refractivity contribution < 1.29 is 4.39 Å². The molecule has 0 saturated heterocycles. The Hall–Kier alpha value is -1.62. The zero-order valence-corrected chi connectivity index (χ0v) is 11.6. The zero-order chi connectivity index (χ0) is 13.8. The molecule has 2 rings (SSSR count). The molecule has 2 N–H and O–H groups in total. The standard InChI is InChI=1S/C14H21FN4/c1-3-18(4-2)9-6-10-19-12-8-5-7-11(15)13(12)17-14(19)16/h5,7-8H,3-4,6,9-10H2,1-2H3,(H2,16,17). The van der Waals surface area contributed by atoms with Crippen LogP contribution in [0.3, 0.4) is 0 Å². The fourth-order valence-corrected chi connectivity index (χ4v) is 2.36. The lowest BCUT2D eigenvalue weighted by atomic mass is 10.3. The van der Waals surface area contributed by atoms with E-state index >= 15 is 0 Å². The van der Waals surface area contributed by atoms with E-state index in [1.54, 1.807) is 6.07 Å². The van der Waals surface area contributed by atoms with E-state index in [1.807, 2.05) is 10.6 Å². The van der Waals surface area contributed by atoms with Gasteiger partial charge in [0, 0.05) is 6.54 Å². The molecule has 104 valence electrons. The summed E-state index contributed by atoms with van der Waals surface area (Å²) in [5.41, 5.74) is 7.01. The van der Waals surface area contributed by atoms with Crippen molar-refractivity contribution in [3.8, 4) is 0 Å². The molecule has 4 nitrogen and oxygen atoms in total. The molecule has 0 spiro atoms. The van der Waals surface area contributed by atoms with Crippen LogP contribution in [0, 0.1) is 5.82 Å². The van der Waals surface area contributed by atoms with Crippen molar-refractivity contribution in [2.24, 2.45) is 0 Å². The summed E-state index contributed by atoms with van der Waals surface area (Å²) in [6.45, 7) is 8.18. The lowest BCUT2D eigenvalue weighted by molar-refractivity contribution is 0.294. The second-order valence-electron chi connectivity index (χ2n) is 4.61. The molecule has 5 heteroatoms. The monoisotopic (exact) mass is 264 g/mol. The first-order valence-corrected chi connectivity index (χ1v) is 6.80. The number of benzene rings is 1. The molecule has 1 heterocycles. The van der Waals surface area contributed by atoms with Crippen LogP contribution >= 0.6 is 0 Å². The molecule has 0 bridgehead atoms. The van der Waals surface area contributed by atoms with Gasteiger partial charge >= 0.3 is 0 Å². The fraction of sp³-hybridized carbons (Fsp3) is 0.500. The minimum absolute atomic E-state index is 0.313. The first kappa shape index (κ1) is 13.8. The second kappa shape index (κ2) is 6.02. The summed E-state index contributed by atoms with van der Waals surface area (Å²) in [6.07, 6.45) is 0.980. The van der Waals surface area contributed by atoms with Crippen molar-refractivity contribution in [2.75, 3.05) is 25.4 Å². The van der Waals surface area contributed by atoms with Crippen molar-refractivity contribution in [1.82, 2.24) is 14.5 Å². The minimum atomic E-state index is -0.313. The lowest BCUT2D eigenvalue weighted by Gasteiger charge is -2.18. The molecule has 0 aliphatic rings. The van der Waals surface area contributed by atoms with Crippen LogP contribution in [-0.4, -0.2) is 34.1 Å². The molecule has 0 saturated carbocycles. The van der Waals surface area contributed by atoms with E-state index in [0.717, 1.165) is 38.1 Å².